The zero-order valence-corrected chi connectivity index (χ0v) is 16.6. The van der Waals surface area contributed by atoms with Gasteiger partial charge in [-0.1, -0.05) is 12.1 Å². The van der Waals surface area contributed by atoms with E-state index in [-0.39, 0.29) is 4.21 Å². The molecule has 2 aromatic heterocycles. The fourth-order valence-corrected chi connectivity index (χ4v) is 4.95. The highest BCUT2D eigenvalue weighted by molar-refractivity contribution is 7.94. The molecule has 0 atom stereocenters. The highest BCUT2D eigenvalue weighted by Crippen LogP contribution is 2.27. The van der Waals surface area contributed by atoms with Crippen LogP contribution in [0.2, 0.25) is 0 Å². The predicted molar refractivity (Wildman–Crippen MR) is 108 cm³/mol. The minimum atomic E-state index is -3.60. The quantitative estimate of drug-likeness (QED) is 0.665. The van der Waals surface area contributed by atoms with Gasteiger partial charge in [0.05, 0.1) is 11.9 Å². The number of pyridine rings is 1. The molecule has 5 nitrogen and oxygen atoms in total. The molecule has 0 amide bonds. The van der Waals surface area contributed by atoms with Crippen LogP contribution in [-0.4, -0.2) is 19.9 Å². The molecule has 1 N–H and O–H groups in total. The van der Waals surface area contributed by atoms with E-state index in [4.69, 9.17) is 0 Å². The zero-order valence-electron chi connectivity index (χ0n) is 14.9. The number of thiophene rings is 1. The van der Waals surface area contributed by atoms with Crippen LogP contribution in [0, 0.1) is 13.8 Å². The molecule has 0 bridgehead atoms. The average molecular weight is 388 g/mol. The first-order valence-corrected chi connectivity index (χ1v) is 10.6. The Morgan fingerprint density at radius 2 is 1.88 bits per heavy atom. The predicted octanol–water partition coefficient (Wildman–Crippen LogP) is 4.72. The normalized spacial score (nSPS) is 11.3. The van der Waals surface area contributed by atoms with Crippen LogP contribution < -0.4 is 9.62 Å². The summed E-state index contributed by atoms with van der Waals surface area (Å²) in [6.45, 7) is 6.78. The van der Waals surface area contributed by atoms with Gasteiger partial charge in [-0.2, -0.15) is 0 Å². The molecule has 3 rings (SSSR count). The van der Waals surface area contributed by atoms with Crippen molar-refractivity contribution in [2.75, 3.05) is 16.2 Å². The molecule has 136 valence electrons. The van der Waals surface area contributed by atoms with Gasteiger partial charge in [0.2, 0.25) is 0 Å². The summed E-state index contributed by atoms with van der Waals surface area (Å²) < 4.78 is 27.6. The molecule has 0 aliphatic rings. The minimum Gasteiger partial charge on any atom is -0.341 e. The number of rotatable bonds is 6. The summed E-state index contributed by atoms with van der Waals surface area (Å²) in [5.41, 5.74) is 3.18. The molecule has 0 spiro atoms. The van der Waals surface area contributed by atoms with E-state index in [0.29, 0.717) is 5.82 Å². The van der Waals surface area contributed by atoms with Crippen molar-refractivity contribution < 1.29 is 8.42 Å². The maximum absolute atomic E-state index is 12.4. The van der Waals surface area contributed by atoms with E-state index in [2.05, 4.69) is 40.6 Å². The van der Waals surface area contributed by atoms with Crippen molar-refractivity contribution in [3.63, 3.8) is 0 Å². The van der Waals surface area contributed by atoms with Crippen molar-refractivity contribution in [1.82, 2.24) is 4.98 Å². The van der Waals surface area contributed by atoms with Crippen LogP contribution in [0.5, 0.6) is 0 Å². The number of hydrogen-bond acceptors (Lipinski definition) is 5. The monoisotopic (exact) mass is 387 g/mol. The van der Waals surface area contributed by atoms with Gasteiger partial charge in [0.1, 0.15) is 10.0 Å². The molecule has 26 heavy (non-hydrogen) atoms. The molecule has 0 aliphatic carbocycles. The van der Waals surface area contributed by atoms with E-state index in [1.165, 1.54) is 16.9 Å². The maximum atomic E-state index is 12.4. The largest absolute Gasteiger partial charge is 0.341 e. The molecule has 0 aliphatic heterocycles. The molecular formula is C19H21N3O2S2. The average Bonchev–Trinajstić information content (AvgIpc) is 3.04. The summed E-state index contributed by atoms with van der Waals surface area (Å²) in [6, 6.07) is 15.2. The Bertz CT molecular complexity index is 996. The van der Waals surface area contributed by atoms with Crippen molar-refractivity contribution in [3.05, 3.63) is 65.2 Å². The number of aromatic nitrogens is 1. The molecule has 0 unspecified atom stereocenters. The molecule has 0 saturated carbocycles. The van der Waals surface area contributed by atoms with Crippen LogP contribution in [0.15, 0.2) is 58.9 Å². The maximum Gasteiger partial charge on any atom is 0.272 e. The van der Waals surface area contributed by atoms with Gasteiger partial charge in [-0.05, 0) is 62.7 Å². The third-order valence-corrected chi connectivity index (χ3v) is 6.76. The summed E-state index contributed by atoms with van der Waals surface area (Å²) in [5.74, 6) is 0.306. The SMILES string of the molecule is CCN(c1ccc(NS(=O)(=O)c2ccc(C)s2)nc1)c1cccc(C)c1. The Kier molecular flexibility index (Phi) is 5.29. The molecule has 0 saturated heterocycles. The van der Waals surface area contributed by atoms with Gasteiger partial charge in [-0.15, -0.1) is 11.3 Å². The highest BCUT2D eigenvalue weighted by Gasteiger charge is 2.17. The van der Waals surface area contributed by atoms with Crippen LogP contribution in [0.3, 0.4) is 0 Å². The van der Waals surface area contributed by atoms with Gasteiger partial charge in [0, 0.05) is 17.1 Å². The van der Waals surface area contributed by atoms with Crippen molar-refractivity contribution in [2.45, 2.75) is 25.0 Å². The smallest absolute Gasteiger partial charge is 0.272 e. The fraction of sp³-hybridized carbons (Fsp3) is 0.211. The first kappa shape index (κ1) is 18.4. The van der Waals surface area contributed by atoms with E-state index in [0.717, 1.165) is 22.8 Å². The van der Waals surface area contributed by atoms with Gasteiger partial charge < -0.3 is 4.90 Å². The van der Waals surface area contributed by atoms with Gasteiger partial charge in [0.25, 0.3) is 10.0 Å². The van der Waals surface area contributed by atoms with E-state index < -0.39 is 10.0 Å². The van der Waals surface area contributed by atoms with Crippen molar-refractivity contribution in [2.24, 2.45) is 0 Å². The number of nitrogens with one attached hydrogen (secondary N) is 1. The Morgan fingerprint density at radius 1 is 1.08 bits per heavy atom. The number of sulfonamides is 1. The molecule has 1 aromatic carbocycles. The van der Waals surface area contributed by atoms with Crippen LogP contribution >= 0.6 is 11.3 Å². The second-order valence-corrected chi connectivity index (χ2v) is 9.15. The van der Waals surface area contributed by atoms with Crippen LogP contribution in [0.25, 0.3) is 0 Å². The summed E-state index contributed by atoms with van der Waals surface area (Å²) in [6.07, 6.45) is 1.68. The molecule has 3 aromatic rings. The summed E-state index contributed by atoms with van der Waals surface area (Å²) >= 11 is 1.24. The minimum absolute atomic E-state index is 0.288. The Hall–Kier alpha value is -2.38. The van der Waals surface area contributed by atoms with Gasteiger partial charge in [-0.25, -0.2) is 13.4 Å². The number of hydrogen-bond donors (Lipinski definition) is 1. The second kappa shape index (κ2) is 7.47. The third kappa shape index (κ3) is 4.05. The Morgan fingerprint density at radius 3 is 2.46 bits per heavy atom. The molecule has 0 radical (unpaired) electrons. The van der Waals surface area contributed by atoms with Crippen LogP contribution in [0.1, 0.15) is 17.4 Å². The first-order chi connectivity index (χ1) is 12.4. The lowest BCUT2D eigenvalue weighted by atomic mass is 10.2. The van der Waals surface area contributed by atoms with E-state index in [9.17, 15) is 8.42 Å². The Labute approximate surface area is 158 Å². The summed E-state index contributed by atoms with van der Waals surface area (Å²) in [5, 5.41) is 0. The van der Waals surface area contributed by atoms with Crippen LogP contribution in [0.4, 0.5) is 17.2 Å². The van der Waals surface area contributed by atoms with E-state index >= 15 is 0 Å². The van der Waals surface area contributed by atoms with Crippen LogP contribution in [-0.2, 0) is 10.0 Å². The fourth-order valence-electron chi connectivity index (χ4n) is 2.66. The van der Waals surface area contributed by atoms with E-state index in [1.54, 1.807) is 24.4 Å². The second-order valence-electron chi connectivity index (χ2n) is 5.96. The lowest BCUT2D eigenvalue weighted by Crippen LogP contribution is -2.17. The molecule has 7 heteroatoms. The number of anilines is 3. The summed E-state index contributed by atoms with van der Waals surface area (Å²) in [7, 11) is -3.60. The standard InChI is InChI=1S/C19H21N3O2S2/c1-4-22(16-7-5-6-14(2)12-16)17-9-10-18(20-13-17)21-26(23,24)19-11-8-15(3)25-19/h5-13H,4H2,1-3H3,(H,20,21). The topological polar surface area (TPSA) is 62.3 Å². The lowest BCUT2D eigenvalue weighted by molar-refractivity contribution is 0.603. The number of benzene rings is 1. The van der Waals surface area contributed by atoms with E-state index in [1.807, 2.05) is 25.1 Å². The van der Waals surface area contributed by atoms with Crippen molar-refractivity contribution >= 4 is 38.6 Å². The van der Waals surface area contributed by atoms with Crippen molar-refractivity contribution in [3.8, 4) is 0 Å². The highest BCUT2D eigenvalue weighted by atomic mass is 32.2. The zero-order chi connectivity index (χ0) is 18.7. The lowest BCUT2D eigenvalue weighted by Gasteiger charge is -2.23. The van der Waals surface area contributed by atoms with Gasteiger partial charge in [0.15, 0.2) is 0 Å². The Balaban J connectivity index is 1.81. The van der Waals surface area contributed by atoms with Gasteiger partial charge in [-0.3, -0.25) is 4.72 Å². The van der Waals surface area contributed by atoms with Gasteiger partial charge >= 0.3 is 0 Å². The number of nitrogens with zero attached hydrogens (tertiary/aromatic N) is 2. The molecule has 2 heterocycles. The summed E-state index contributed by atoms with van der Waals surface area (Å²) in [4.78, 5) is 7.36. The first-order valence-electron chi connectivity index (χ1n) is 8.28. The third-order valence-electron chi connectivity index (χ3n) is 3.91. The molecule has 0 fully saturated rings. The molecular weight excluding hydrogens is 366 g/mol. The number of aryl methyl sites for hydroxylation is 2. The van der Waals surface area contributed by atoms with Crippen molar-refractivity contribution in [1.29, 1.82) is 0 Å².